The van der Waals surface area contributed by atoms with E-state index in [-0.39, 0.29) is 6.03 Å². The van der Waals surface area contributed by atoms with Crippen LogP contribution in [-0.2, 0) is 0 Å². The first-order valence-corrected chi connectivity index (χ1v) is 5.91. The van der Waals surface area contributed by atoms with E-state index in [0.29, 0.717) is 4.50 Å². The molecule has 1 heterocycles. The second kappa shape index (κ2) is 5.50. The smallest absolute Gasteiger partial charge is 0.323 e. The standard InChI is InChI=1S/C8H13ClN2OS/c1-13-7(9)10-8(12)11-5-3-2-4-6-11/h2-6H2,1H3. The monoisotopic (exact) mass is 220 g/mol. The minimum atomic E-state index is -0.195. The van der Waals surface area contributed by atoms with Gasteiger partial charge < -0.3 is 4.90 Å². The largest absolute Gasteiger partial charge is 0.345 e. The Morgan fingerprint density at radius 1 is 1.38 bits per heavy atom. The second-order valence-corrected chi connectivity index (χ2v) is 4.28. The maximum absolute atomic E-state index is 11.4. The maximum Gasteiger partial charge on any atom is 0.345 e. The first-order valence-electron chi connectivity index (χ1n) is 4.31. The summed E-state index contributed by atoms with van der Waals surface area (Å²) in [5, 5.41) is 0. The van der Waals surface area contributed by atoms with Crippen LogP contribution in [0.25, 0.3) is 0 Å². The molecule has 0 aromatic heterocycles. The van der Waals surface area contributed by atoms with Gasteiger partial charge in [-0.1, -0.05) is 23.4 Å². The summed E-state index contributed by atoms with van der Waals surface area (Å²) in [5.41, 5.74) is 0. The predicted octanol–water partition coefficient (Wildman–Crippen LogP) is 2.55. The number of carbonyl (C=O) groups is 1. The summed E-state index contributed by atoms with van der Waals surface area (Å²) in [7, 11) is 0. The summed E-state index contributed by atoms with van der Waals surface area (Å²) in [5.74, 6) is 0. The van der Waals surface area contributed by atoms with Crippen molar-refractivity contribution in [3.63, 3.8) is 0 Å². The van der Waals surface area contributed by atoms with Gasteiger partial charge in [0.25, 0.3) is 0 Å². The number of piperidine rings is 1. The number of aliphatic imine (C=N–C) groups is 1. The van der Waals surface area contributed by atoms with Gasteiger partial charge in [0.2, 0.25) is 0 Å². The topological polar surface area (TPSA) is 32.7 Å². The molecule has 0 saturated carbocycles. The molecule has 0 bridgehead atoms. The van der Waals surface area contributed by atoms with Gasteiger partial charge in [-0.15, -0.1) is 0 Å². The molecule has 0 radical (unpaired) electrons. The van der Waals surface area contributed by atoms with Crippen LogP contribution in [0.2, 0.25) is 0 Å². The molecule has 1 aliphatic heterocycles. The minimum Gasteiger partial charge on any atom is -0.323 e. The lowest BCUT2D eigenvalue weighted by molar-refractivity contribution is 0.196. The highest BCUT2D eigenvalue weighted by atomic mass is 35.5. The molecule has 1 fully saturated rings. The number of halogens is 1. The number of amides is 2. The Morgan fingerprint density at radius 3 is 2.54 bits per heavy atom. The van der Waals surface area contributed by atoms with Crippen LogP contribution in [0, 0.1) is 0 Å². The van der Waals surface area contributed by atoms with Crippen LogP contribution in [0.15, 0.2) is 4.99 Å². The fraction of sp³-hybridized carbons (Fsp3) is 0.750. The first-order chi connectivity index (χ1) is 6.24. The van der Waals surface area contributed by atoms with E-state index < -0.39 is 0 Å². The third-order valence-corrected chi connectivity index (χ3v) is 2.95. The van der Waals surface area contributed by atoms with E-state index in [9.17, 15) is 4.79 Å². The van der Waals surface area contributed by atoms with E-state index in [0.717, 1.165) is 25.9 Å². The third-order valence-electron chi connectivity index (χ3n) is 1.98. The number of nitrogens with zero attached hydrogens (tertiary/aromatic N) is 2. The van der Waals surface area contributed by atoms with E-state index >= 15 is 0 Å². The summed E-state index contributed by atoms with van der Waals surface area (Å²) in [6.45, 7) is 1.64. The van der Waals surface area contributed by atoms with Crippen molar-refractivity contribution in [3.05, 3.63) is 0 Å². The molecule has 1 aliphatic rings. The van der Waals surface area contributed by atoms with Crippen molar-refractivity contribution in [1.29, 1.82) is 0 Å². The average molecular weight is 221 g/mol. The second-order valence-electron chi connectivity index (χ2n) is 2.90. The first kappa shape index (κ1) is 10.9. The Balaban J connectivity index is 2.46. The molecule has 1 rings (SSSR count). The predicted molar refractivity (Wildman–Crippen MR) is 57.6 cm³/mol. The van der Waals surface area contributed by atoms with Crippen LogP contribution in [-0.4, -0.2) is 34.8 Å². The van der Waals surface area contributed by atoms with Gasteiger partial charge in [-0.25, -0.2) is 4.79 Å². The van der Waals surface area contributed by atoms with Gasteiger partial charge in [-0.3, -0.25) is 0 Å². The summed E-state index contributed by atoms with van der Waals surface area (Å²) >= 11 is 6.93. The molecule has 0 aromatic rings. The van der Waals surface area contributed by atoms with E-state index in [1.165, 1.54) is 18.2 Å². The highest BCUT2D eigenvalue weighted by Gasteiger charge is 2.15. The van der Waals surface area contributed by atoms with Gasteiger partial charge in [-0.2, -0.15) is 4.99 Å². The summed E-state index contributed by atoms with van der Waals surface area (Å²) in [4.78, 5) is 16.9. The Morgan fingerprint density at radius 2 is 2.00 bits per heavy atom. The number of thioether (sulfide) groups is 1. The molecule has 5 heteroatoms. The van der Waals surface area contributed by atoms with Crippen LogP contribution < -0.4 is 0 Å². The van der Waals surface area contributed by atoms with Gasteiger partial charge in [0.1, 0.15) is 0 Å². The van der Waals surface area contributed by atoms with Crippen molar-refractivity contribution in [1.82, 2.24) is 4.90 Å². The molecule has 3 nitrogen and oxygen atoms in total. The summed E-state index contributed by atoms with van der Waals surface area (Å²) < 4.78 is 0.315. The minimum absolute atomic E-state index is 0.195. The SMILES string of the molecule is CSC(Cl)=NC(=O)N1CCCCC1. The molecule has 74 valence electrons. The molecule has 13 heavy (non-hydrogen) atoms. The molecule has 0 N–H and O–H groups in total. The van der Waals surface area contributed by atoms with E-state index in [1.54, 1.807) is 11.2 Å². The zero-order chi connectivity index (χ0) is 9.68. The Hall–Kier alpha value is -0.220. The maximum atomic E-state index is 11.4. The van der Waals surface area contributed by atoms with Crippen molar-refractivity contribution in [2.75, 3.05) is 19.3 Å². The van der Waals surface area contributed by atoms with Gasteiger partial charge >= 0.3 is 6.03 Å². The van der Waals surface area contributed by atoms with Crippen molar-refractivity contribution in [3.8, 4) is 0 Å². The lowest BCUT2D eigenvalue weighted by Gasteiger charge is -2.24. The van der Waals surface area contributed by atoms with Gasteiger partial charge in [0.15, 0.2) is 4.50 Å². The third kappa shape index (κ3) is 3.56. The van der Waals surface area contributed by atoms with Crippen molar-refractivity contribution < 1.29 is 4.79 Å². The Bertz CT molecular complexity index is 214. The van der Waals surface area contributed by atoms with Crippen LogP contribution in [0.3, 0.4) is 0 Å². The highest BCUT2D eigenvalue weighted by molar-refractivity contribution is 8.16. The number of hydrogen-bond acceptors (Lipinski definition) is 2. The van der Waals surface area contributed by atoms with Crippen LogP contribution in [0.1, 0.15) is 19.3 Å². The molecule has 0 aromatic carbocycles. The molecule has 0 aliphatic carbocycles. The fourth-order valence-electron chi connectivity index (χ4n) is 1.28. The van der Waals surface area contributed by atoms with Gasteiger partial charge in [0, 0.05) is 13.1 Å². The Labute approximate surface area is 87.5 Å². The van der Waals surface area contributed by atoms with E-state index in [2.05, 4.69) is 4.99 Å². The molecule has 1 saturated heterocycles. The zero-order valence-corrected chi connectivity index (χ0v) is 9.20. The van der Waals surface area contributed by atoms with Crippen molar-refractivity contribution in [2.45, 2.75) is 19.3 Å². The molecule has 2 amide bonds. The molecular formula is C8H13ClN2OS. The molecule has 0 spiro atoms. The lowest BCUT2D eigenvalue weighted by Crippen LogP contribution is -2.33. The molecule has 0 unspecified atom stereocenters. The van der Waals surface area contributed by atoms with Crippen LogP contribution in [0.5, 0.6) is 0 Å². The number of hydrogen-bond donors (Lipinski definition) is 0. The van der Waals surface area contributed by atoms with Crippen LogP contribution >= 0.6 is 23.4 Å². The lowest BCUT2D eigenvalue weighted by atomic mass is 10.1. The highest BCUT2D eigenvalue weighted by Crippen LogP contribution is 2.11. The fourth-order valence-corrected chi connectivity index (χ4v) is 1.52. The van der Waals surface area contributed by atoms with Crippen molar-refractivity contribution in [2.24, 2.45) is 4.99 Å². The van der Waals surface area contributed by atoms with Gasteiger partial charge in [0.05, 0.1) is 0 Å². The van der Waals surface area contributed by atoms with E-state index in [1.807, 2.05) is 0 Å². The van der Waals surface area contributed by atoms with Gasteiger partial charge in [-0.05, 0) is 25.5 Å². The normalized spacial score (nSPS) is 18.9. The average Bonchev–Trinajstić information content (AvgIpc) is 2.19. The summed E-state index contributed by atoms with van der Waals surface area (Å²) in [6.07, 6.45) is 5.18. The number of likely N-dealkylation sites (tertiary alicyclic amines) is 1. The number of urea groups is 1. The van der Waals surface area contributed by atoms with E-state index in [4.69, 9.17) is 11.6 Å². The Kier molecular flexibility index (Phi) is 4.59. The summed E-state index contributed by atoms with van der Waals surface area (Å²) in [6, 6.07) is -0.195. The number of carbonyl (C=O) groups excluding carboxylic acids is 1. The quantitative estimate of drug-likeness (QED) is 0.464. The molecule has 0 atom stereocenters. The molecular weight excluding hydrogens is 208 g/mol. The number of rotatable bonds is 0. The van der Waals surface area contributed by atoms with Crippen LogP contribution in [0.4, 0.5) is 4.79 Å². The van der Waals surface area contributed by atoms with Crippen molar-refractivity contribution >= 4 is 33.9 Å². The zero-order valence-electron chi connectivity index (χ0n) is 7.62.